The first-order chi connectivity index (χ1) is 9.52. The number of hydrogen-bond acceptors (Lipinski definition) is 6. The zero-order valence-electron chi connectivity index (χ0n) is 12.7. The molecule has 0 bridgehead atoms. The summed E-state index contributed by atoms with van der Waals surface area (Å²) in [6.45, 7) is 13.9. The Morgan fingerprint density at radius 2 is 1.90 bits per heavy atom. The molecule has 2 fully saturated rings. The van der Waals surface area contributed by atoms with Gasteiger partial charge >= 0.3 is 0 Å². The van der Waals surface area contributed by atoms with Crippen LogP contribution in [-0.2, 0) is 12.0 Å². The van der Waals surface area contributed by atoms with Gasteiger partial charge in [0.25, 0.3) is 0 Å². The normalized spacial score (nSPS) is 22.9. The fourth-order valence-corrected chi connectivity index (χ4v) is 2.63. The van der Waals surface area contributed by atoms with Crippen LogP contribution in [-0.4, -0.2) is 65.3 Å². The van der Waals surface area contributed by atoms with Gasteiger partial charge in [-0.15, -0.1) is 0 Å². The highest BCUT2D eigenvalue weighted by atomic mass is 16.5. The van der Waals surface area contributed by atoms with E-state index < -0.39 is 0 Å². The minimum Gasteiger partial charge on any atom is -0.338 e. The summed E-state index contributed by atoms with van der Waals surface area (Å²) < 4.78 is 5.37. The average molecular weight is 279 g/mol. The van der Waals surface area contributed by atoms with Gasteiger partial charge in [-0.2, -0.15) is 4.98 Å². The molecule has 6 nitrogen and oxygen atoms in total. The molecule has 1 N–H and O–H groups in total. The first-order valence-electron chi connectivity index (χ1n) is 7.52. The first-order valence-corrected chi connectivity index (χ1v) is 7.52. The topological polar surface area (TPSA) is 57.4 Å². The Morgan fingerprint density at radius 3 is 2.40 bits per heavy atom. The molecule has 112 valence electrons. The lowest BCUT2D eigenvalue weighted by Gasteiger charge is -2.43. The number of nitrogens with zero attached hydrogens (tertiary/aromatic N) is 4. The molecular formula is C14H25N5O. The molecule has 2 aliphatic rings. The van der Waals surface area contributed by atoms with Crippen LogP contribution in [0.2, 0.25) is 0 Å². The molecule has 2 saturated heterocycles. The van der Waals surface area contributed by atoms with Crippen LogP contribution in [0.25, 0.3) is 0 Å². The molecule has 3 heterocycles. The minimum atomic E-state index is -0.0440. The predicted octanol–water partition coefficient (Wildman–Crippen LogP) is 0.457. The van der Waals surface area contributed by atoms with E-state index in [9.17, 15) is 0 Å². The van der Waals surface area contributed by atoms with Crippen molar-refractivity contribution in [3.05, 3.63) is 11.7 Å². The second-order valence-corrected chi connectivity index (χ2v) is 6.89. The van der Waals surface area contributed by atoms with E-state index in [-0.39, 0.29) is 5.41 Å². The smallest absolute Gasteiger partial charge is 0.240 e. The van der Waals surface area contributed by atoms with Gasteiger partial charge in [0, 0.05) is 50.7 Å². The fourth-order valence-electron chi connectivity index (χ4n) is 2.63. The lowest BCUT2D eigenvalue weighted by atomic mass is 9.96. The molecule has 0 saturated carbocycles. The summed E-state index contributed by atoms with van der Waals surface area (Å²) in [5.74, 6) is 1.54. The number of rotatable bonds is 3. The predicted molar refractivity (Wildman–Crippen MR) is 76.5 cm³/mol. The monoisotopic (exact) mass is 279 g/mol. The third-order valence-electron chi connectivity index (χ3n) is 4.18. The largest absolute Gasteiger partial charge is 0.338 e. The van der Waals surface area contributed by atoms with Crippen LogP contribution in [0.15, 0.2) is 4.52 Å². The Hall–Kier alpha value is -0.980. The van der Waals surface area contributed by atoms with Crippen LogP contribution in [0.4, 0.5) is 0 Å². The number of nitrogens with one attached hydrogen (secondary N) is 1. The Kier molecular flexibility index (Phi) is 3.79. The maximum absolute atomic E-state index is 5.37. The van der Waals surface area contributed by atoms with Crippen LogP contribution in [0, 0.1) is 0 Å². The maximum atomic E-state index is 5.37. The van der Waals surface area contributed by atoms with Gasteiger partial charge in [-0.3, -0.25) is 9.80 Å². The molecule has 0 aliphatic carbocycles. The van der Waals surface area contributed by atoms with Gasteiger partial charge in [0.1, 0.15) is 0 Å². The van der Waals surface area contributed by atoms with Gasteiger partial charge in [0.2, 0.25) is 5.89 Å². The van der Waals surface area contributed by atoms with Crippen molar-refractivity contribution in [1.82, 2.24) is 25.3 Å². The van der Waals surface area contributed by atoms with Crippen molar-refractivity contribution in [1.29, 1.82) is 0 Å². The summed E-state index contributed by atoms with van der Waals surface area (Å²) in [7, 11) is 0. The number of hydrogen-bond donors (Lipinski definition) is 1. The van der Waals surface area contributed by atoms with E-state index in [0.717, 1.165) is 63.6 Å². The van der Waals surface area contributed by atoms with Gasteiger partial charge in [-0.1, -0.05) is 25.9 Å². The van der Waals surface area contributed by atoms with E-state index in [2.05, 4.69) is 46.0 Å². The quantitative estimate of drug-likeness (QED) is 0.867. The van der Waals surface area contributed by atoms with Gasteiger partial charge in [0.05, 0.1) is 6.54 Å². The molecule has 20 heavy (non-hydrogen) atoms. The molecule has 0 spiro atoms. The highest BCUT2D eigenvalue weighted by Crippen LogP contribution is 2.19. The molecule has 1 aromatic rings. The summed E-state index contributed by atoms with van der Waals surface area (Å²) in [6.07, 6.45) is 0. The van der Waals surface area contributed by atoms with Crippen LogP contribution < -0.4 is 5.32 Å². The Balaban J connectivity index is 1.50. The standard InChI is InChI=1S/C14H25N5O/c1-14(2,3)13-16-12(20-17-13)10-18-4-6-19(7-5-18)11-8-15-9-11/h11,15H,4-10H2,1-3H3. The molecule has 0 atom stereocenters. The van der Waals surface area contributed by atoms with Crippen molar-refractivity contribution in [2.75, 3.05) is 39.3 Å². The van der Waals surface area contributed by atoms with Gasteiger partial charge in [-0.25, -0.2) is 0 Å². The highest BCUT2D eigenvalue weighted by Gasteiger charge is 2.28. The third kappa shape index (κ3) is 3.02. The number of aromatic nitrogens is 2. The van der Waals surface area contributed by atoms with Crippen LogP contribution in [0.1, 0.15) is 32.5 Å². The van der Waals surface area contributed by atoms with E-state index in [4.69, 9.17) is 4.52 Å². The van der Waals surface area contributed by atoms with E-state index in [1.807, 2.05) is 0 Å². The molecule has 6 heteroatoms. The molecule has 2 aliphatic heterocycles. The molecule has 0 amide bonds. The fraction of sp³-hybridized carbons (Fsp3) is 0.857. The lowest BCUT2D eigenvalue weighted by Crippen LogP contribution is -2.61. The third-order valence-corrected chi connectivity index (χ3v) is 4.18. The number of piperazine rings is 1. The van der Waals surface area contributed by atoms with Gasteiger partial charge in [-0.05, 0) is 0 Å². The Morgan fingerprint density at radius 1 is 1.20 bits per heavy atom. The van der Waals surface area contributed by atoms with Crippen molar-refractivity contribution in [3.63, 3.8) is 0 Å². The zero-order valence-corrected chi connectivity index (χ0v) is 12.7. The van der Waals surface area contributed by atoms with E-state index in [1.165, 1.54) is 0 Å². The van der Waals surface area contributed by atoms with E-state index in [1.54, 1.807) is 0 Å². The summed E-state index contributed by atoms with van der Waals surface area (Å²) in [5, 5.41) is 7.42. The summed E-state index contributed by atoms with van der Waals surface area (Å²) >= 11 is 0. The van der Waals surface area contributed by atoms with Gasteiger partial charge < -0.3 is 9.84 Å². The zero-order chi connectivity index (χ0) is 14.2. The summed E-state index contributed by atoms with van der Waals surface area (Å²) in [6, 6.07) is 0.757. The molecule has 0 radical (unpaired) electrons. The van der Waals surface area contributed by atoms with Crippen LogP contribution in [0.5, 0.6) is 0 Å². The maximum Gasteiger partial charge on any atom is 0.240 e. The molecular weight excluding hydrogens is 254 g/mol. The second kappa shape index (κ2) is 5.42. The van der Waals surface area contributed by atoms with Crippen molar-refractivity contribution in [3.8, 4) is 0 Å². The molecule has 0 unspecified atom stereocenters. The van der Waals surface area contributed by atoms with E-state index >= 15 is 0 Å². The van der Waals surface area contributed by atoms with E-state index in [0.29, 0.717) is 0 Å². The van der Waals surface area contributed by atoms with Crippen LogP contribution >= 0.6 is 0 Å². The minimum absolute atomic E-state index is 0.0440. The van der Waals surface area contributed by atoms with Crippen molar-refractivity contribution in [2.45, 2.75) is 38.8 Å². The lowest BCUT2D eigenvalue weighted by molar-refractivity contribution is 0.0647. The second-order valence-electron chi connectivity index (χ2n) is 6.89. The first kappa shape index (κ1) is 14.0. The van der Waals surface area contributed by atoms with Gasteiger partial charge in [0.15, 0.2) is 5.82 Å². The molecule has 1 aromatic heterocycles. The van der Waals surface area contributed by atoms with Crippen molar-refractivity contribution >= 4 is 0 Å². The van der Waals surface area contributed by atoms with Crippen molar-refractivity contribution in [2.24, 2.45) is 0 Å². The van der Waals surface area contributed by atoms with Crippen LogP contribution in [0.3, 0.4) is 0 Å². The summed E-state index contributed by atoms with van der Waals surface area (Å²) in [4.78, 5) is 9.50. The Labute approximate surface area is 120 Å². The van der Waals surface area contributed by atoms with Crippen molar-refractivity contribution < 1.29 is 4.52 Å². The summed E-state index contributed by atoms with van der Waals surface area (Å²) in [5.41, 5.74) is -0.0440. The SMILES string of the molecule is CC(C)(C)c1noc(CN2CCN(C3CNC3)CC2)n1. The Bertz CT molecular complexity index is 441. The molecule has 3 rings (SSSR count). The molecule has 0 aromatic carbocycles. The highest BCUT2D eigenvalue weighted by molar-refractivity contribution is 5.00. The average Bonchev–Trinajstić information content (AvgIpc) is 2.78.